The van der Waals surface area contributed by atoms with Crippen molar-refractivity contribution in [3.05, 3.63) is 26.3 Å². The van der Waals surface area contributed by atoms with E-state index in [1.165, 1.54) is 22.7 Å². The van der Waals surface area contributed by atoms with E-state index in [4.69, 9.17) is 10.7 Å². The second-order valence-electron chi connectivity index (χ2n) is 4.13. The average molecular weight is 315 g/mol. The maximum absolute atomic E-state index is 5.81. The minimum atomic E-state index is 0.220. The summed E-state index contributed by atoms with van der Waals surface area (Å²) in [6.07, 6.45) is 2.40. The Bertz CT molecular complexity index is 514. The largest absolute Gasteiger partial charge is 0.329 e. The summed E-state index contributed by atoms with van der Waals surface area (Å²) in [5, 5.41) is 3.36. The maximum Gasteiger partial charge on any atom is 0.101 e. The fourth-order valence-corrected chi connectivity index (χ4v) is 4.25. The van der Waals surface area contributed by atoms with E-state index in [0.717, 1.165) is 16.0 Å². The highest BCUT2D eigenvalue weighted by Gasteiger charge is 2.45. The SMILES string of the molecule is NCC1(c2nc(-c3ccc(Br)s3)cs2)CC1. The molecule has 0 unspecified atom stereocenters. The highest BCUT2D eigenvalue weighted by atomic mass is 79.9. The van der Waals surface area contributed by atoms with Crippen molar-refractivity contribution in [3.8, 4) is 10.6 Å². The smallest absolute Gasteiger partial charge is 0.101 e. The molecular formula is C11H11BrN2S2. The van der Waals surface area contributed by atoms with E-state index in [1.807, 2.05) is 0 Å². The van der Waals surface area contributed by atoms with Gasteiger partial charge in [-0.2, -0.15) is 0 Å². The van der Waals surface area contributed by atoms with Crippen LogP contribution < -0.4 is 5.73 Å². The van der Waals surface area contributed by atoms with Crippen molar-refractivity contribution in [3.63, 3.8) is 0 Å². The number of thiophene rings is 1. The molecule has 2 aromatic heterocycles. The molecule has 0 amide bonds. The first-order valence-corrected chi connectivity index (χ1v) is 7.64. The minimum Gasteiger partial charge on any atom is -0.329 e. The first kappa shape index (κ1) is 10.9. The zero-order valence-corrected chi connectivity index (χ0v) is 11.8. The van der Waals surface area contributed by atoms with Gasteiger partial charge < -0.3 is 5.73 Å². The molecular weight excluding hydrogens is 304 g/mol. The summed E-state index contributed by atoms with van der Waals surface area (Å²) in [7, 11) is 0. The highest BCUT2D eigenvalue weighted by Crippen LogP contribution is 2.49. The molecule has 0 spiro atoms. The van der Waals surface area contributed by atoms with Crippen molar-refractivity contribution in [2.24, 2.45) is 5.73 Å². The van der Waals surface area contributed by atoms with Gasteiger partial charge in [0.25, 0.3) is 0 Å². The van der Waals surface area contributed by atoms with Crippen LogP contribution in [0.15, 0.2) is 21.3 Å². The van der Waals surface area contributed by atoms with E-state index in [2.05, 4.69) is 33.4 Å². The lowest BCUT2D eigenvalue weighted by atomic mass is 10.1. The van der Waals surface area contributed by atoms with Crippen molar-refractivity contribution in [1.29, 1.82) is 0 Å². The lowest BCUT2D eigenvalue weighted by Crippen LogP contribution is -2.19. The third kappa shape index (κ3) is 1.76. The Labute approximate surface area is 111 Å². The molecule has 84 valence electrons. The Morgan fingerprint density at radius 2 is 2.25 bits per heavy atom. The van der Waals surface area contributed by atoms with E-state index in [-0.39, 0.29) is 5.41 Å². The summed E-state index contributed by atoms with van der Waals surface area (Å²) < 4.78 is 1.15. The van der Waals surface area contributed by atoms with Gasteiger partial charge in [0, 0.05) is 17.3 Å². The minimum absolute atomic E-state index is 0.220. The molecule has 0 saturated heterocycles. The normalized spacial score (nSPS) is 17.6. The number of hydrogen-bond acceptors (Lipinski definition) is 4. The van der Waals surface area contributed by atoms with Crippen LogP contribution in [0.3, 0.4) is 0 Å². The molecule has 5 heteroatoms. The van der Waals surface area contributed by atoms with Crippen LogP contribution in [0, 0.1) is 0 Å². The predicted molar refractivity (Wildman–Crippen MR) is 73.1 cm³/mol. The standard InChI is InChI=1S/C11H11BrN2S2/c12-9-2-1-8(16-9)7-5-15-10(14-7)11(6-13)3-4-11/h1-2,5H,3-4,6,13H2. The van der Waals surface area contributed by atoms with Gasteiger partial charge in [-0.1, -0.05) is 0 Å². The molecule has 0 aliphatic heterocycles. The first-order chi connectivity index (χ1) is 7.73. The van der Waals surface area contributed by atoms with Crippen LogP contribution in [0.2, 0.25) is 0 Å². The van der Waals surface area contributed by atoms with Crippen LogP contribution in [0.4, 0.5) is 0 Å². The van der Waals surface area contributed by atoms with Crippen LogP contribution >= 0.6 is 38.6 Å². The van der Waals surface area contributed by atoms with E-state index >= 15 is 0 Å². The predicted octanol–water partition coefficient (Wildman–Crippen LogP) is 3.62. The summed E-state index contributed by atoms with van der Waals surface area (Å²) in [5.74, 6) is 0. The number of nitrogens with zero attached hydrogens (tertiary/aromatic N) is 1. The van der Waals surface area contributed by atoms with Gasteiger partial charge in [-0.25, -0.2) is 4.98 Å². The third-order valence-corrected chi connectivity index (χ3v) is 5.76. The monoisotopic (exact) mass is 314 g/mol. The zero-order chi connectivity index (χ0) is 11.2. The van der Waals surface area contributed by atoms with E-state index in [0.29, 0.717) is 0 Å². The Hall–Kier alpha value is -0.230. The average Bonchev–Trinajstić information content (AvgIpc) is 2.74. The van der Waals surface area contributed by atoms with Gasteiger partial charge in [-0.15, -0.1) is 22.7 Å². The number of hydrogen-bond donors (Lipinski definition) is 1. The maximum atomic E-state index is 5.81. The second-order valence-corrected chi connectivity index (χ2v) is 7.45. The van der Waals surface area contributed by atoms with Gasteiger partial charge in [-0.3, -0.25) is 0 Å². The lowest BCUT2D eigenvalue weighted by molar-refractivity contribution is 0.698. The number of halogens is 1. The van der Waals surface area contributed by atoms with Crippen LogP contribution in [-0.2, 0) is 5.41 Å². The first-order valence-electron chi connectivity index (χ1n) is 5.15. The van der Waals surface area contributed by atoms with Crippen molar-refractivity contribution in [1.82, 2.24) is 4.98 Å². The number of nitrogens with two attached hydrogens (primary N) is 1. The highest BCUT2D eigenvalue weighted by molar-refractivity contribution is 9.11. The summed E-state index contributed by atoms with van der Waals surface area (Å²) in [6.45, 7) is 0.730. The van der Waals surface area contributed by atoms with Gasteiger partial charge in [0.2, 0.25) is 0 Å². The van der Waals surface area contributed by atoms with Gasteiger partial charge in [0.05, 0.1) is 14.4 Å². The van der Waals surface area contributed by atoms with Gasteiger partial charge in [-0.05, 0) is 40.9 Å². The molecule has 0 aromatic carbocycles. The Morgan fingerprint density at radius 1 is 1.44 bits per heavy atom. The third-order valence-electron chi connectivity index (χ3n) is 3.03. The molecule has 2 aromatic rings. The molecule has 0 bridgehead atoms. The van der Waals surface area contributed by atoms with Crippen molar-refractivity contribution < 1.29 is 0 Å². The van der Waals surface area contributed by atoms with Gasteiger partial charge in [0.1, 0.15) is 5.01 Å². The molecule has 1 aliphatic rings. The molecule has 3 rings (SSSR count). The molecule has 1 fully saturated rings. The van der Waals surface area contributed by atoms with E-state index < -0.39 is 0 Å². The van der Waals surface area contributed by atoms with Crippen molar-refractivity contribution >= 4 is 38.6 Å². The number of thiazole rings is 1. The van der Waals surface area contributed by atoms with Crippen LogP contribution in [0.25, 0.3) is 10.6 Å². The molecule has 0 atom stereocenters. The fraction of sp³-hybridized carbons (Fsp3) is 0.364. The van der Waals surface area contributed by atoms with Crippen molar-refractivity contribution in [2.75, 3.05) is 6.54 Å². The lowest BCUT2D eigenvalue weighted by Gasteiger charge is -2.06. The molecule has 1 saturated carbocycles. The number of aromatic nitrogens is 1. The molecule has 2 nitrogen and oxygen atoms in total. The van der Waals surface area contributed by atoms with Crippen molar-refractivity contribution in [2.45, 2.75) is 18.3 Å². The zero-order valence-electron chi connectivity index (χ0n) is 8.57. The molecule has 2 heterocycles. The summed E-state index contributed by atoms with van der Waals surface area (Å²) in [6, 6.07) is 4.17. The van der Waals surface area contributed by atoms with E-state index in [1.54, 1.807) is 22.7 Å². The Balaban J connectivity index is 1.94. The topological polar surface area (TPSA) is 38.9 Å². The van der Waals surface area contributed by atoms with Crippen LogP contribution in [0.1, 0.15) is 17.8 Å². The molecule has 0 radical (unpaired) electrons. The number of rotatable bonds is 3. The van der Waals surface area contributed by atoms with E-state index in [9.17, 15) is 0 Å². The van der Waals surface area contributed by atoms with Gasteiger partial charge >= 0.3 is 0 Å². The second kappa shape index (κ2) is 3.91. The Kier molecular flexibility index (Phi) is 2.66. The van der Waals surface area contributed by atoms with Crippen LogP contribution in [0.5, 0.6) is 0 Å². The van der Waals surface area contributed by atoms with Gasteiger partial charge in [0.15, 0.2) is 0 Å². The molecule has 1 aliphatic carbocycles. The quantitative estimate of drug-likeness (QED) is 0.939. The van der Waals surface area contributed by atoms with Crippen LogP contribution in [-0.4, -0.2) is 11.5 Å². The summed E-state index contributed by atoms with van der Waals surface area (Å²) >= 11 is 6.95. The fourth-order valence-electron chi connectivity index (χ4n) is 1.74. The summed E-state index contributed by atoms with van der Waals surface area (Å²) in [5.41, 5.74) is 7.13. The summed E-state index contributed by atoms with van der Waals surface area (Å²) in [4.78, 5) is 5.95. The Morgan fingerprint density at radius 3 is 2.81 bits per heavy atom. The molecule has 16 heavy (non-hydrogen) atoms. The molecule has 2 N–H and O–H groups in total.